The molecule has 132 valence electrons. The Morgan fingerprint density at radius 3 is 2.35 bits per heavy atom. The van der Waals surface area contributed by atoms with E-state index in [2.05, 4.69) is 14.9 Å². The van der Waals surface area contributed by atoms with Gasteiger partial charge in [0.05, 0.1) is 5.52 Å². The van der Waals surface area contributed by atoms with E-state index in [0.29, 0.717) is 29.8 Å². The minimum Gasteiger partial charge on any atom is -0.477 e. The number of piperazine rings is 1. The molecule has 2 aromatic heterocycles. The van der Waals surface area contributed by atoms with Crippen LogP contribution in [0.4, 0.5) is 11.5 Å². The van der Waals surface area contributed by atoms with Crippen molar-refractivity contribution in [2.24, 2.45) is 0 Å². The summed E-state index contributed by atoms with van der Waals surface area (Å²) in [5, 5.41) is 10.00. The fourth-order valence-corrected chi connectivity index (χ4v) is 3.40. The summed E-state index contributed by atoms with van der Waals surface area (Å²) in [6.07, 6.45) is 3.51. The Morgan fingerprint density at radius 1 is 1.00 bits per heavy atom. The number of carbonyl (C=O) groups is 1. The number of carboxylic acid groups (broad SMARTS) is 1. The molecular weight excluding hydrogens is 332 g/mol. The van der Waals surface area contributed by atoms with E-state index in [9.17, 15) is 14.7 Å². The number of nitrogens with zero attached hydrogens (tertiary/aromatic N) is 3. The Balaban J connectivity index is 1.68. The molecule has 1 saturated heterocycles. The van der Waals surface area contributed by atoms with Gasteiger partial charge < -0.3 is 19.9 Å². The van der Waals surface area contributed by atoms with Crippen LogP contribution in [0.3, 0.4) is 0 Å². The second kappa shape index (κ2) is 6.51. The van der Waals surface area contributed by atoms with Crippen molar-refractivity contribution < 1.29 is 9.90 Å². The predicted octanol–water partition coefficient (Wildman–Crippen LogP) is 1.95. The van der Waals surface area contributed by atoms with Gasteiger partial charge in [-0.1, -0.05) is 12.1 Å². The lowest BCUT2D eigenvalue weighted by Crippen LogP contribution is -2.47. The number of hydrogen-bond acceptors (Lipinski definition) is 5. The third-order valence-corrected chi connectivity index (χ3v) is 4.73. The third kappa shape index (κ3) is 2.77. The average Bonchev–Trinajstić information content (AvgIpc) is 2.68. The van der Waals surface area contributed by atoms with Gasteiger partial charge in [-0.05, 0) is 24.3 Å². The molecule has 0 aliphatic carbocycles. The molecule has 1 fully saturated rings. The number of para-hydroxylation sites is 1. The Hall–Kier alpha value is -3.35. The molecule has 0 unspecified atom stereocenters. The van der Waals surface area contributed by atoms with Crippen LogP contribution in [0.1, 0.15) is 10.4 Å². The Morgan fingerprint density at radius 2 is 1.65 bits per heavy atom. The Kier molecular flexibility index (Phi) is 4.04. The molecule has 3 aromatic rings. The second-order valence-corrected chi connectivity index (χ2v) is 6.21. The summed E-state index contributed by atoms with van der Waals surface area (Å²) in [5.74, 6) is -0.820. The van der Waals surface area contributed by atoms with Crippen LogP contribution in [0.2, 0.25) is 0 Å². The number of aromatic amines is 1. The van der Waals surface area contributed by atoms with Crippen LogP contribution < -0.4 is 15.2 Å². The SMILES string of the molecule is O=C(O)c1c(N2CCN(c3ccncc3)CC2)[nH]c2ccccc2c1=O. The zero-order valence-corrected chi connectivity index (χ0v) is 14.1. The van der Waals surface area contributed by atoms with E-state index in [0.717, 1.165) is 18.8 Å². The van der Waals surface area contributed by atoms with Gasteiger partial charge in [0.2, 0.25) is 5.43 Å². The van der Waals surface area contributed by atoms with E-state index in [1.807, 2.05) is 23.1 Å². The second-order valence-electron chi connectivity index (χ2n) is 6.21. The van der Waals surface area contributed by atoms with E-state index in [1.165, 1.54) is 0 Å². The minimum atomic E-state index is -1.21. The monoisotopic (exact) mass is 350 g/mol. The third-order valence-electron chi connectivity index (χ3n) is 4.73. The summed E-state index contributed by atoms with van der Waals surface area (Å²) in [7, 11) is 0. The van der Waals surface area contributed by atoms with Gasteiger partial charge in [-0.15, -0.1) is 0 Å². The number of benzene rings is 1. The van der Waals surface area contributed by atoms with Gasteiger partial charge in [0.15, 0.2) is 0 Å². The first kappa shape index (κ1) is 16.1. The topological polar surface area (TPSA) is 89.5 Å². The molecule has 3 heterocycles. The number of aromatic carboxylic acids is 1. The van der Waals surface area contributed by atoms with E-state index in [4.69, 9.17) is 0 Å². The molecule has 1 aliphatic heterocycles. The number of carboxylic acids is 1. The van der Waals surface area contributed by atoms with Crippen molar-refractivity contribution in [1.82, 2.24) is 9.97 Å². The number of fused-ring (bicyclic) bond motifs is 1. The molecule has 0 atom stereocenters. The molecule has 2 N–H and O–H groups in total. The molecule has 0 amide bonds. The first-order chi connectivity index (χ1) is 12.6. The first-order valence-electron chi connectivity index (χ1n) is 8.43. The van der Waals surface area contributed by atoms with Crippen LogP contribution in [0.15, 0.2) is 53.6 Å². The van der Waals surface area contributed by atoms with Crippen molar-refractivity contribution in [3.63, 3.8) is 0 Å². The highest BCUT2D eigenvalue weighted by Crippen LogP contribution is 2.23. The number of hydrogen-bond donors (Lipinski definition) is 2. The van der Waals surface area contributed by atoms with E-state index in [-0.39, 0.29) is 5.56 Å². The number of H-pyrrole nitrogens is 1. The minimum absolute atomic E-state index is 0.193. The summed E-state index contributed by atoms with van der Waals surface area (Å²) < 4.78 is 0. The molecule has 0 spiro atoms. The van der Waals surface area contributed by atoms with Gasteiger partial charge in [-0.25, -0.2) is 4.79 Å². The van der Waals surface area contributed by atoms with Gasteiger partial charge in [0.25, 0.3) is 0 Å². The lowest BCUT2D eigenvalue weighted by Gasteiger charge is -2.37. The fraction of sp³-hybridized carbons (Fsp3) is 0.211. The number of rotatable bonds is 3. The van der Waals surface area contributed by atoms with Crippen LogP contribution in [-0.4, -0.2) is 47.2 Å². The van der Waals surface area contributed by atoms with Gasteiger partial charge in [0.1, 0.15) is 11.4 Å². The van der Waals surface area contributed by atoms with Crippen LogP contribution in [0.5, 0.6) is 0 Å². The van der Waals surface area contributed by atoms with Gasteiger partial charge >= 0.3 is 5.97 Å². The Bertz CT molecular complexity index is 1010. The molecule has 7 nitrogen and oxygen atoms in total. The molecular formula is C19H18N4O3. The summed E-state index contributed by atoms with van der Waals surface area (Å²) in [5.41, 5.74) is 1.10. The molecule has 0 bridgehead atoms. The molecule has 1 aliphatic rings. The summed E-state index contributed by atoms with van der Waals surface area (Å²) in [6, 6.07) is 10.9. The van der Waals surface area contributed by atoms with Crippen LogP contribution in [0, 0.1) is 0 Å². The van der Waals surface area contributed by atoms with Crippen LogP contribution >= 0.6 is 0 Å². The highest BCUT2D eigenvalue weighted by atomic mass is 16.4. The average molecular weight is 350 g/mol. The van der Waals surface area contributed by atoms with Gasteiger partial charge in [-0.3, -0.25) is 9.78 Å². The quantitative estimate of drug-likeness (QED) is 0.750. The van der Waals surface area contributed by atoms with E-state index < -0.39 is 11.4 Å². The maximum atomic E-state index is 12.7. The van der Waals surface area contributed by atoms with E-state index >= 15 is 0 Å². The van der Waals surface area contributed by atoms with Crippen LogP contribution in [-0.2, 0) is 0 Å². The molecule has 0 saturated carbocycles. The van der Waals surface area contributed by atoms with Crippen molar-refractivity contribution >= 4 is 28.4 Å². The van der Waals surface area contributed by atoms with Crippen LogP contribution in [0.25, 0.3) is 10.9 Å². The van der Waals surface area contributed by atoms with Crippen molar-refractivity contribution in [2.75, 3.05) is 36.0 Å². The largest absolute Gasteiger partial charge is 0.477 e. The summed E-state index contributed by atoms with van der Waals surface area (Å²) in [4.78, 5) is 35.8. The summed E-state index contributed by atoms with van der Waals surface area (Å²) >= 11 is 0. The number of pyridine rings is 2. The number of anilines is 2. The fourth-order valence-electron chi connectivity index (χ4n) is 3.40. The van der Waals surface area contributed by atoms with Crippen molar-refractivity contribution in [1.29, 1.82) is 0 Å². The Labute approximate surface area is 149 Å². The maximum Gasteiger partial charge on any atom is 0.343 e. The van der Waals surface area contributed by atoms with Crippen molar-refractivity contribution in [3.05, 3.63) is 64.6 Å². The zero-order chi connectivity index (χ0) is 18.1. The molecule has 0 radical (unpaired) electrons. The highest BCUT2D eigenvalue weighted by molar-refractivity contribution is 5.98. The molecule has 7 heteroatoms. The standard InChI is InChI=1S/C19H18N4O3/c24-17-14-3-1-2-4-15(14)21-18(16(17)19(25)26)23-11-9-22(10-12-23)13-5-7-20-8-6-13/h1-8H,9-12H2,(H,21,24)(H,25,26). The zero-order valence-electron chi connectivity index (χ0n) is 14.1. The molecule has 26 heavy (non-hydrogen) atoms. The molecule has 4 rings (SSSR count). The molecule has 1 aromatic carbocycles. The lowest BCUT2D eigenvalue weighted by molar-refractivity contribution is 0.0696. The lowest BCUT2D eigenvalue weighted by atomic mass is 10.1. The van der Waals surface area contributed by atoms with E-state index in [1.54, 1.807) is 30.6 Å². The number of aromatic nitrogens is 2. The van der Waals surface area contributed by atoms with Gasteiger partial charge in [0, 0.05) is 49.6 Å². The van der Waals surface area contributed by atoms with Crippen molar-refractivity contribution in [3.8, 4) is 0 Å². The first-order valence-corrected chi connectivity index (χ1v) is 8.43. The maximum absolute atomic E-state index is 12.7. The summed E-state index contributed by atoms with van der Waals surface area (Å²) in [6.45, 7) is 2.71. The number of nitrogens with one attached hydrogen (secondary N) is 1. The normalized spacial score (nSPS) is 14.6. The van der Waals surface area contributed by atoms with Gasteiger partial charge in [-0.2, -0.15) is 0 Å². The predicted molar refractivity (Wildman–Crippen MR) is 100 cm³/mol. The smallest absolute Gasteiger partial charge is 0.343 e. The highest BCUT2D eigenvalue weighted by Gasteiger charge is 2.25. The van der Waals surface area contributed by atoms with Crippen molar-refractivity contribution in [2.45, 2.75) is 0 Å².